The summed E-state index contributed by atoms with van der Waals surface area (Å²) < 4.78 is 5.48. The topological polar surface area (TPSA) is 47.0 Å². The van der Waals surface area contributed by atoms with Crippen molar-refractivity contribution in [1.82, 2.24) is 15.3 Å². The Labute approximate surface area is 83.0 Å². The fourth-order valence-electron chi connectivity index (χ4n) is 1.50. The molecule has 0 spiro atoms. The van der Waals surface area contributed by atoms with E-state index in [1.54, 1.807) is 18.5 Å². The lowest BCUT2D eigenvalue weighted by Gasteiger charge is -2.15. The van der Waals surface area contributed by atoms with Crippen LogP contribution in [0.1, 0.15) is 18.3 Å². The summed E-state index contributed by atoms with van der Waals surface area (Å²) in [7, 11) is 1.88. The van der Waals surface area contributed by atoms with E-state index in [1.165, 1.54) is 0 Å². The molecule has 1 atom stereocenters. The maximum absolute atomic E-state index is 5.48. The molecular weight excluding hydrogens is 178 g/mol. The normalized spacial score (nSPS) is 17.4. The summed E-state index contributed by atoms with van der Waals surface area (Å²) in [6.07, 6.45) is 6.53. The fraction of sp³-hybridized carbons (Fsp3) is 0.400. The van der Waals surface area contributed by atoms with Crippen LogP contribution < -0.4 is 5.32 Å². The van der Waals surface area contributed by atoms with E-state index in [4.69, 9.17) is 4.74 Å². The van der Waals surface area contributed by atoms with Crippen molar-refractivity contribution >= 4 is 0 Å². The van der Waals surface area contributed by atoms with Crippen molar-refractivity contribution in [3.05, 3.63) is 36.1 Å². The van der Waals surface area contributed by atoms with E-state index in [2.05, 4.69) is 21.4 Å². The summed E-state index contributed by atoms with van der Waals surface area (Å²) >= 11 is 0. The molecule has 0 bridgehead atoms. The highest BCUT2D eigenvalue weighted by Gasteiger charge is 2.20. The highest BCUT2D eigenvalue weighted by Crippen LogP contribution is 2.22. The smallest absolute Gasteiger partial charge is 0.152 e. The number of nitrogens with zero attached hydrogens (tertiary/aromatic N) is 2. The van der Waals surface area contributed by atoms with Gasteiger partial charge in [0.15, 0.2) is 5.82 Å². The molecule has 1 aliphatic heterocycles. The van der Waals surface area contributed by atoms with Crippen molar-refractivity contribution in [3.8, 4) is 0 Å². The SMILES string of the molecule is CNC(C1=CCCO1)c1ncccn1. The van der Waals surface area contributed by atoms with Crippen LogP contribution >= 0.6 is 0 Å². The zero-order chi connectivity index (χ0) is 9.80. The predicted octanol–water partition coefficient (Wildman–Crippen LogP) is 1.04. The second-order valence-electron chi connectivity index (χ2n) is 3.07. The number of likely N-dealkylation sites (N-methyl/N-ethyl adjacent to an activating group) is 1. The van der Waals surface area contributed by atoms with Gasteiger partial charge in [-0.3, -0.25) is 0 Å². The van der Waals surface area contributed by atoms with Gasteiger partial charge in [0.1, 0.15) is 11.8 Å². The van der Waals surface area contributed by atoms with Crippen LogP contribution in [0, 0.1) is 0 Å². The molecule has 0 amide bonds. The number of nitrogens with one attached hydrogen (secondary N) is 1. The van der Waals surface area contributed by atoms with Gasteiger partial charge in [0, 0.05) is 18.8 Å². The van der Waals surface area contributed by atoms with Gasteiger partial charge in [-0.15, -0.1) is 0 Å². The molecule has 4 nitrogen and oxygen atoms in total. The Morgan fingerprint density at radius 2 is 2.21 bits per heavy atom. The average Bonchev–Trinajstić information content (AvgIpc) is 2.74. The molecule has 1 aliphatic rings. The molecule has 14 heavy (non-hydrogen) atoms. The first kappa shape index (κ1) is 9.15. The van der Waals surface area contributed by atoms with E-state index < -0.39 is 0 Å². The maximum Gasteiger partial charge on any atom is 0.152 e. The molecule has 0 aromatic carbocycles. The number of hydrogen-bond donors (Lipinski definition) is 1. The van der Waals surface area contributed by atoms with Gasteiger partial charge < -0.3 is 10.1 Å². The van der Waals surface area contributed by atoms with Gasteiger partial charge in [-0.25, -0.2) is 9.97 Å². The van der Waals surface area contributed by atoms with Crippen molar-refractivity contribution in [1.29, 1.82) is 0 Å². The van der Waals surface area contributed by atoms with Crippen LogP contribution in [-0.2, 0) is 4.74 Å². The van der Waals surface area contributed by atoms with E-state index in [1.807, 2.05) is 7.05 Å². The lowest BCUT2D eigenvalue weighted by Crippen LogP contribution is -2.21. The lowest BCUT2D eigenvalue weighted by molar-refractivity contribution is 0.215. The minimum Gasteiger partial charge on any atom is -0.496 e. The summed E-state index contributed by atoms with van der Waals surface area (Å²) in [4.78, 5) is 8.40. The van der Waals surface area contributed by atoms with Gasteiger partial charge in [0.05, 0.1) is 6.61 Å². The zero-order valence-corrected chi connectivity index (χ0v) is 8.10. The predicted molar refractivity (Wildman–Crippen MR) is 52.5 cm³/mol. The van der Waals surface area contributed by atoms with Crippen LogP contribution in [-0.4, -0.2) is 23.6 Å². The van der Waals surface area contributed by atoms with E-state index in [-0.39, 0.29) is 6.04 Å². The molecule has 1 aromatic heterocycles. The van der Waals surface area contributed by atoms with Crippen molar-refractivity contribution in [2.24, 2.45) is 0 Å². The molecule has 0 aliphatic carbocycles. The van der Waals surface area contributed by atoms with E-state index in [0.29, 0.717) is 0 Å². The van der Waals surface area contributed by atoms with Crippen LogP contribution in [0.4, 0.5) is 0 Å². The van der Waals surface area contributed by atoms with Crippen LogP contribution in [0.25, 0.3) is 0 Å². The minimum absolute atomic E-state index is 0.0151. The molecule has 2 heterocycles. The van der Waals surface area contributed by atoms with Gasteiger partial charge in [-0.05, 0) is 19.2 Å². The molecule has 4 heteroatoms. The van der Waals surface area contributed by atoms with E-state index in [9.17, 15) is 0 Å². The molecule has 0 saturated heterocycles. The number of rotatable bonds is 3. The Bertz CT molecular complexity index is 323. The lowest BCUT2D eigenvalue weighted by atomic mass is 10.2. The van der Waals surface area contributed by atoms with Crippen LogP contribution in [0.3, 0.4) is 0 Å². The Morgan fingerprint density at radius 3 is 2.79 bits per heavy atom. The van der Waals surface area contributed by atoms with Crippen molar-refractivity contribution < 1.29 is 4.74 Å². The highest BCUT2D eigenvalue weighted by atomic mass is 16.5. The Kier molecular flexibility index (Phi) is 2.74. The first-order chi connectivity index (χ1) is 6.92. The molecule has 74 valence electrons. The number of hydrogen-bond acceptors (Lipinski definition) is 4. The summed E-state index contributed by atoms with van der Waals surface area (Å²) in [5, 5.41) is 3.14. The molecule has 0 saturated carbocycles. The minimum atomic E-state index is -0.0151. The molecule has 1 unspecified atom stereocenters. The Balaban J connectivity index is 2.21. The van der Waals surface area contributed by atoms with E-state index in [0.717, 1.165) is 24.6 Å². The van der Waals surface area contributed by atoms with Gasteiger partial charge in [-0.1, -0.05) is 0 Å². The molecule has 2 rings (SSSR count). The molecule has 1 N–H and O–H groups in total. The Hall–Kier alpha value is -1.42. The summed E-state index contributed by atoms with van der Waals surface area (Å²) in [6.45, 7) is 0.764. The maximum atomic E-state index is 5.48. The van der Waals surface area contributed by atoms with Gasteiger partial charge >= 0.3 is 0 Å². The third kappa shape index (κ3) is 1.75. The van der Waals surface area contributed by atoms with Crippen molar-refractivity contribution in [2.45, 2.75) is 12.5 Å². The van der Waals surface area contributed by atoms with Crippen molar-refractivity contribution in [3.63, 3.8) is 0 Å². The summed E-state index contributed by atoms with van der Waals surface area (Å²) in [5.41, 5.74) is 0. The quantitative estimate of drug-likeness (QED) is 0.775. The summed E-state index contributed by atoms with van der Waals surface area (Å²) in [6, 6.07) is 1.79. The Morgan fingerprint density at radius 1 is 1.43 bits per heavy atom. The second-order valence-corrected chi connectivity index (χ2v) is 3.07. The standard InChI is InChI=1S/C10H13N3O/c1-11-9(8-4-2-7-14-8)10-12-5-3-6-13-10/h3-6,9,11H,2,7H2,1H3. The second kappa shape index (κ2) is 4.19. The first-order valence-corrected chi connectivity index (χ1v) is 4.69. The summed E-state index contributed by atoms with van der Waals surface area (Å²) in [5.74, 6) is 1.68. The van der Waals surface area contributed by atoms with Crippen LogP contribution in [0.5, 0.6) is 0 Å². The number of ether oxygens (including phenoxy) is 1. The third-order valence-electron chi connectivity index (χ3n) is 2.15. The van der Waals surface area contributed by atoms with Crippen LogP contribution in [0.2, 0.25) is 0 Å². The zero-order valence-electron chi connectivity index (χ0n) is 8.10. The molecule has 0 radical (unpaired) electrons. The molecule has 0 fully saturated rings. The third-order valence-corrected chi connectivity index (χ3v) is 2.15. The van der Waals surface area contributed by atoms with Gasteiger partial charge in [0.2, 0.25) is 0 Å². The van der Waals surface area contributed by atoms with E-state index >= 15 is 0 Å². The molecule has 1 aromatic rings. The van der Waals surface area contributed by atoms with Crippen LogP contribution in [0.15, 0.2) is 30.3 Å². The fourth-order valence-corrected chi connectivity index (χ4v) is 1.50. The largest absolute Gasteiger partial charge is 0.496 e. The molecular formula is C10H13N3O. The monoisotopic (exact) mass is 191 g/mol. The van der Waals surface area contributed by atoms with Crippen molar-refractivity contribution in [2.75, 3.05) is 13.7 Å². The highest BCUT2D eigenvalue weighted by molar-refractivity contribution is 5.14. The number of aromatic nitrogens is 2. The first-order valence-electron chi connectivity index (χ1n) is 4.69. The average molecular weight is 191 g/mol. The van der Waals surface area contributed by atoms with Gasteiger partial charge in [0.25, 0.3) is 0 Å². The van der Waals surface area contributed by atoms with Gasteiger partial charge in [-0.2, -0.15) is 0 Å².